The number of hydrogen-bond donors (Lipinski definition) is 2. The van der Waals surface area contributed by atoms with Gasteiger partial charge in [-0.3, -0.25) is 9.59 Å². The minimum Gasteiger partial charge on any atom is -0.480 e. The Balaban J connectivity index is 3.36. The Bertz CT molecular complexity index is 283. The summed E-state index contributed by atoms with van der Waals surface area (Å²) in [6.45, 7) is 0.307. The average Bonchev–Trinajstić information content (AvgIpc) is 2.28. The normalized spacial score (nSPS) is 11.5. The summed E-state index contributed by atoms with van der Waals surface area (Å²) >= 11 is 0. The van der Waals surface area contributed by atoms with E-state index in [4.69, 9.17) is 22.0 Å². The van der Waals surface area contributed by atoms with Crippen molar-refractivity contribution in [1.29, 1.82) is 0 Å². The summed E-state index contributed by atoms with van der Waals surface area (Å²) in [5.41, 5.74) is 5.31. The van der Waals surface area contributed by atoms with Crippen LogP contribution < -0.4 is 5.73 Å². The van der Waals surface area contributed by atoms with Gasteiger partial charge in [-0.05, 0) is 25.7 Å². The highest BCUT2D eigenvalue weighted by molar-refractivity contribution is 5.72. The third-order valence-corrected chi connectivity index (χ3v) is 2.19. The van der Waals surface area contributed by atoms with Crippen molar-refractivity contribution in [3.63, 3.8) is 0 Å². The Morgan fingerprint density at radius 3 is 2.65 bits per heavy atom. The molecule has 1 atom stereocenters. The number of carboxylic acids is 1. The summed E-state index contributed by atoms with van der Waals surface area (Å²) in [6.07, 6.45) is 8.24. The van der Waals surface area contributed by atoms with Crippen molar-refractivity contribution in [3.05, 3.63) is 0 Å². The fourth-order valence-corrected chi connectivity index (χ4v) is 1.18. The zero-order chi connectivity index (χ0) is 13.1. The number of carboxylic acid groups (broad SMARTS) is 1. The number of carbonyl (C=O) groups is 2. The van der Waals surface area contributed by atoms with E-state index in [0.29, 0.717) is 45.1 Å². The predicted octanol–water partition coefficient (Wildman–Crippen LogP) is 0.915. The van der Waals surface area contributed by atoms with Gasteiger partial charge in [0.05, 0.1) is 6.61 Å². The largest absolute Gasteiger partial charge is 0.480 e. The van der Waals surface area contributed by atoms with E-state index >= 15 is 0 Å². The van der Waals surface area contributed by atoms with Crippen LogP contribution in [0.25, 0.3) is 0 Å². The molecule has 0 aromatic heterocycles. The number of nitrogens with two attached hydrogens (primary N) is 1. The van der Waals surface area contributed by atoms with Gasteiger partial charge in [0.2, 0.25) is 0 Å². The Labute approximate surface area is 101 Å². The van der Waals surface area contributed by atoms with Gasteiger partial charge in [0.1, 0.15) is 6.04 Å². The van der Waals surface area contributed by atoms with E-state index in [1.807, 2.05) is 0 Å². The first-order chi connectivity index (χ1) is 8.07. The number of terminal acetylenes is 1. The number of esters is 1. The number of aliphatic carboxylic acids is 1. The maximum atomic E-state index is 11.1. The quantitative estimate of drug-likeness (QED) is 0.356. The summed E-state index contributed by atoms with van der Waals surface area (Å²) < 4.78 is 4.94. The lowest BCUT2D eigenvalue weighted by Crippen LogP contribution is -2.29. The molecule has 0 aliphatic rings. The molecule has 5 heteroatoms. The van der Waals surface area contributed by atoms with Gasteiger partial charge in [0.25, 0.3) is 0 Å². The highest BCUT2D eigenvalue weighted by atomic mass is 16.5. The molecule has 0 aliphatic heterocycles. The van der Waals surface area contributed by atoms with Gasteiger partial charge in [0.15, 0.2) is 0 Å². The molecular weight excluding hydrogens is 222 g/mol. The zero-order valence-electron chi connectivity index (χ0n) is 9.85. The highest BCUT2D eigenvalue weighted by Crippen LogP contribution is 2.02. The molecule has 0 amide bonds. The van der Waals surface area contributed by atoms with E-state index in [9.17, 15) is 9.59 Å². The molecule has 17 heavy (non-hydrogen) atoms. The SMILES string of the molecule is C#CCCCC(=O)OCCCC[C@H](N)C(=O)O. The van der Waals surface area contributed by atoms with Crippen molar-refractivity contribution in [3.8, 4) is 12.3 Å². The van der Waals surface area contributed by atoms with Gasteiger partial charge in [-0.2, -0.15) is 0 Å². The van der Waals surface area contributed by atoms with Gasteiger partial charge in [-0.1, -0.05) is 0 Å². The molecular formula is C12H19NO4. The van der Waals surface area contributed by atoms with E-state index < -0.39 is 12.0 Å². The van der Waals surface area contributed by atoms with Crippen LogP contribution in [0.3, 0.4) is 0 Å². The topological polar surface area (TPSA) is 89.6 Å². The lowest BCUT2D eigenvalue weighted by atomic mass is 10.1. The summed E-state index contributed by atoms with van der Waals surface area (Å²) in [4.78, 5) is 21.5. The predicted molar refractivity (Wildman–Crippen MR) is 63.1 cm³/mol. The minimum atomic E-state index is -1.00. The smallest absolute Gasteiger partial charge is 0.320 e. The van der Waals surface area contributed by atoms with Gasteiger partial charge >= 0.3 is 11.9 Å². The molecule has 0 bridgehead atoms. The van der Waals surface area contributed by atoms with Crippen LogP contribution in [0.2, 0.25) is 0 Å². The molecule has 0 aromatic rings. The Morgan fingerprint density at radius 1 is 1.35 bits per heavy atom. The first-order valence-electron chi connectivity index (χ1n) is 5.65. The van der Waals surface area contributed by atoms with Crippen LogP contribution in [-0.4, -0.2) is 29.7 Å². The lowest BCUT2D eigenvalue weighted by Gasteiger charge is -2.06. The molecule has 0 aliphatic carbocycles. The fourth-order valence-electron chi connectivity index (χ4n) is 1.18. The molecule has 5 nitrogen and oxygen atoms in total. The van der Waals surface area contributed by atoms with Gasteiger partial charge in [-0.25, -0.2) is 0 Å². The molecule has 0 saturated heterocycles. The number of ether oxygens (including phenoxy) is 1. The number of unbranched alkanes of at least 4 members (excludes halogenated alkanes) is 2. The van der Waals surface area contributed by atoms with Crippen LogP contribution in [0, 0.1) is 12.3 Å². The van der Waals surface area contributed by atoms with Crippen molar-refractivity contribution < 1.29 is 19.4 Å². The summed E-state index contributed by atoms with van der Waals surface area (Å²) in [5, 5.41) is 8.52. The van der Waals surface area contributed by atoms with E-state index in [2.05, 4.69) is 5.92 Å². The fraction of sp³-hybridized carbons (Fsp3) is 0.667. The molecule has 0 aromatic carbocycles. The van der Waals surface area contributed by atoms with Crippen molar-refractivity contribution >= 4 is 11.9 Å². The second kappa shape index (κ2) is 9.67. The van der Waals surface area contributed by atoms with E-state index in [-0.39, 0.29) is 5.97 Å². The maximum Gasteiger partial charge on any atom is 0.320 e. The summed E-state index contributed by atoms with van der Waals surface area (Å²) in [6, 6.07) is -0.832. The van der Waals surface area contributed by atoms with Crippen LogP contribution in [0.4, 0.5) is 0 Å². The second-order valence-electron chi connectivity index (χ2n) is 3.72. The summed E-state index contributed by atoms with van der Waals surface area (Å²) in [7, 11) is 0. The van der Waals surface area contributed by atoms with Crippen LogP contribution in [0.15, 0.2) is 0 Å². The first-order valence-corrected chi connectivity index (χ1v) is 5.65. The molecule has 96 valence electrons. The van der Waals surface area contributed by atoms with Crippen LogP contribution in [-0.2, 0) is 14.3 Å². The summed E-state index contributed by atoms with van der Waals surface area (Å²) in [5.74, 6) is 1.18. The molecule has 0 saturated carbocycles. The van der Waals surface area contributed by atoms with Crippen molar-refractivity contribution in [1.82, 2.24) is 0 Å². The number of carbonyl (C=O) groups excluding carboxylic acids is 1. The molecule has 0 unspecified atom stereocenters. The van der Waals surface area contributed by atoms with Crippen molar-refractivity contribution in [2.75, 3.05) is 6.61 Å². The van der Waals surface area contributed by atoms with Crippen LogP contribution >= 0.6 is 0 Å². The molecule has 3 N–H and O–H groups in total. The molecule has 0 radical (unpaired) electrons. The maximum absolute atomic E-state index is 11.1. The van der Waals surface area contributed by atoms with Gasteiger partial charge in [-0.15, -0.1) is 12.3 Å². The molecule has 0 spiro atoms. The van der Waals surface area contributed by atoms with Crippen LogP contribution in [0.1, 0.15) is 38.5 Å². The van der Waals surface area contributed by atoms with E-state index in [1.165, 1.54) is 0 Å². The van der Waals surface area contributed by atoms with Gasteiger partial charge < -0.3 is 15.6 Å². The van der Waals surface area contributed by atoms with E-state index in [0.717, 1.165) is 0 Å². The Kier molecular flexibility index (Phi) is 8.79. The Morgan fingerprint density at radius 2 is 2.06 bits per heavy atom. The van der Waals surface area contributed by atoms with Crippen molar-refractivity contribution in [2.24, 2.45) is 5.73 Å². The third-order valence-electron chi connectivity index (χ3n) is 2.19. The monoisotopic (exact) mass is 241 g/mol. The lowest BCUT2D eigenvalue weighted by molar-refractivity contribution is -0.144. The standard InChI is InChI=1S/C12H19NO4/c1-2-3-4-8-11(14)17-9-6-5-7-10(13)12(15)16/h1,10H,3-9,13H2,(H,15,16)/t10-/m0/s1. The third kappa shape index (κ3) is 9.39. The minimum absolute atomic E-state index is 0.261. The van der Waals surface area contributed by atoms with Crippen LogP contribution in [0.5, 0.6) is 0 Å². The number of hydrogen-bond acceptors (Lipinski definition) is 4. The van der Waals surface area contributed by atoms with E-state index in [1.54, 1.807) is 0 Å². The zero-order valence-corrected chi connectivity index (χ0v) is 9.85. The first kappa shape index (κ1) is 15.5. The Hall–Kier alpha value is -1.54. The molecule has 0 heterocycles. The highest BCUT2D eigenvalue weighted by Gasteiger charge is 2.10. The van der Waals surface area contributed by atoms with Crippen molar-refractivity contribution in [2.45, 2.75) is 44.6 Å². The molecule has 0 rings (SSSR count). The second-order valence-corrected chi connectivity index (χ2v) is 3.72. The average molecular weight is 241 g/mol. The van der Waals surface area contributed by atoms with Gasteiger partial charge in [0, 0.05) is 12.8 Å². The molecule has 0 fully saturated rings. The number of rotatable bonds is 9.